The molecule has 1 heterocycles. The van der Waals surface area contributed by atoms with Crippen LogP contribution in [0.2, 0.25) is 0 Å². The Morgan fingerprint density at radius 2 is 1.82 bits per heavy atom. The smallest absolute Gasteiger partial charge is 0.339 e. The molecule has 22 heavy (non-hydrogen) atoms. The summed E-state index contributed by atoms with van der Waals surface area (Å²) in [6.07, 6.45) is -0.401. The van der Waals surface area contributed by atoms with Crippen LogP contribution in [0.1, 0.15) is 48.4 Å². The van der Waals surface area contributed by atoms with E-state index in [-0.39, 0.29) is 5.97 Å². The van der Waals surface area contributed by atoms with Crippen molar-refractivity contribution in [1.82, 2.24) is 0 Å². The summed E-state index contributed by atoms with van der Waals surface area (Å²) in [5.41, 5.74) is 1.95. The summed E-state index contributed by atoms with van der Waals surface area (Å²) in [6.45, 7) is 5.73. The normalized spacial score (nSPS) is 17.0. The predicted octanol–water partition coefficient (Wildman–Crippen LogP) is 4.06. The van der Waals surface area contributed by atoms with Crippen molar-refractivity contribution in [3.63, 3.8) is 0 Å². The third-order valence-electron chi connectivity index (χ3n) is 3.24. The third-order valence-corrected chi connectivity index (χ3v) is 3.24. The van der Waals surface area contributed by atoms with Crippen molar-refractivity contribution in [3.8, 4) is 5.75 Å². The van der Waals surface area contributed by atoms with Crippen LogP contribution in [0.15, 0.2) is 48.5 Å². The molecule has 1 atom stereocenters. The van der Waals surface area contributed by atoms with Gasteiger partial charge in [0, 0.05) is 11.1 Å². The maximum Gasteiger partial charge on any atom is 0.339 e. The van der Waals surface area contributed by atoms with Crippen LogP contribution < -0.4 is 4.89 Å². The Morgan fingerprint density at radius 3 is 2.59 bits per heavy atom. The van der Waals surface area contributed by atoms with Gasteiger partial charge < -0.3 is 9.62 Å². The van der Waals surface area contributed by atoms with Crippen LogP contribution in [0.25, 0.3) is 0 Å². The van der Waals surface area contributed by atoms with Crippen molar-refractivity contribution >= 4 is 5.97 Å². The Bertz CT molecular complexity index is 700. The number of hydrogen-bond donors (Lipinski definition) is 0. The van der Waals surface area contributed by atoms with Gasteiger partial charge in [0.1, 0.15) is 5.60 Å². The lowest BCUT2D eigenvalue weighted by Gasteiger charge is -2.18. The average molecular weight is 298 g/mol. The summed E-state index contributed by atoms with van der Waals surface area (Å²) in [5.74, 6) is 0.283. The molecule has 0 bridgehead atoms. The molecular weight excluding hydrogens is 280 g/mol. The minimum absolute atomic E-state index is 0.294. The molecule has 0 N–H and O–H groups in total. The lowest BCUT2D eigenvalue weighted by atomic mass is 9.99. The van der Waals surface area contributed by atoms with Gasteiger partial charge in [-0.05, 0) is 39.0 Å². The van der Waals surface area contributed by atoms with Gasteiger partial charge in [-0.25, -0.2) is 4.79 Å². The fourth-order valence-electron chi connectivity index (χ4n) is 2.30. The van der Waals surface area contributed by atoms with E-state index < -0.39 is 11.7 Å². The summed E-state index contributed by atoms with van der Waals surface area (Å²) in [5, 5.41) is 0. The lowest BCUT2D eigenvalue weighted by Crippen LogP contribution is -2.21. The Labute approximate surface area is 129 Å². The molecule has 0 amide bonds. The fourth-order valence-corrected chi connectivity index (χ4v) is 2.30. The van der Waals surface area contributed by atoms with Crippen molar-refractivity contribution in [3.05, 3.63) is 65.2 Å². The van der Waals surface area contributed by atoms with Crippen molar-refractivity contribution in [1.29, 1.82) is 0 Å². The minimum atomic E-state index is -0.401. The van der Waals surface area contributed by atoms with E-state index in [0.29, 0.717) is 11.3 Å². The number of carbonyl (C=O) groups is 1. The van der Waals surface area contributed by atoms with Crippen molar-refractivity contribution in [2.45, 2.75) is 32.5 Å². The van der Waals surface area contributed by atoms with E-state index in [4.69, 9.17) is 14.5 Å². The third kappa shape index (κ3) is 2.97. The van der Waals surface area contributed by atoms with Gasteiger partial charge in [0.15, 0.2) is 11.9 Å². The van der Waals surface area contributed by atoms with Gasteiger partial charge in [-0.2, -0.15) is 4.89 Å². The maximum atomic E-state index is 11.9. The van der Waals surface area contributed by atoms with Gasteiger partial charge in [-0.15, -0.1) is 0 Å². The minimum Gasteiger partial charge on any atom is -0.449 e. The van der Waals surface area contributed by atoms with Crippen LogP contribution in [0.3, 0.4) is 0 Å². The highest BCUT2D eigenvalue weighted by Crippen LogP contribution is 2.36. The second-order valence-corrected chi connectivity index (χ2v) is 6.22. The Hall–Kier alpha value is -2.33. The quantitative estimate of drug-likeness (QED) is 0.487. The highest BCUT2D eigenvalue weighted by Gasteiger charge is 2.31. The van der Waals surface area contributed by atoms with E-state index in [0.717, 1.165) is 11.1 Å². The fraction of sp³-hybridized carbons (Fsp3) is 0.278. The first-order valence-corrected chi connectivity index (χ1v) is 7.19. The van der Waals surface area contributed by atoms with Gasteiger partial charge in [0.05, 0.1) is 5.56 Å². The first kappa shape index (κ1) is 14.6. The molecule has 0 spiro atoms. The number of esters is 1. The van der Waals surface area contributed by atoms with E-state index in [1.807, 2.05) is 57.2 Å². The monoisotopic (exact) mass is 298 g/mol. The van der Waals surface area contributed by atoms with E-state index >= 15 is 0 Å². The molecule has 1 aliphatic rings. The molecule has 1 aliphatic heterocycles. The first-order valence-electron chi connectivity index (χ1n) is 7.19. The standard InChI is InChI=1S/C18H18O4/c1-18(2,3)22-21-13-8-6-7-12(11-13)16-14-9-4-5-10-15(14)17(19)20-16/h4-11,16H,1-3H3. The van der Waals surface area contributed by atoms with Crippen LogP contribution in [-0.2, 0) is 9.62 Å². The summed E-state index contributed by atoms with van der Waals surface area (Å²) >= 11 is 0. The number of carbonyl (C=O) groups excluding carboxylic acids is 1. The zero-order valence-electron chi connectivity index (χ0n) is 12.8. The molecule has 2 aromatic rings. The van der Waals surface area contributed by atoms with Crippen LogP contribution in [0.5, 0.6) is 5.75 Å². The number of benzene rings is 2. The second kappa shape index (κ2) is 5.46. The lowest BCUT2D eigenvalue weighted by molar-refractivity contribution is -0.274. The van der Waals surface area contributed by atoms with Gasteiger partial charge in [-0.3, -0.25) is 0 Å². The zero-order valence-corrected chi connectivity index (χ0v) is 12.8. The molecule has 2 aromatic carbocycles. The molecule has 0 aliphatic carbocycles. The molecule has 3 rings (SSSR count). The SMILES string of the molecule is CC(C)(C)OOc1cccc(C2OC(=O)c3ccccc32)c1. The molecule has 114 valence electrons. The van der Waals surface area contributed by atoms with Crippen LogP contribution in [0, 0.1) is 0 Å². The van der Waals surface area contributed by atoms with Gasteiger partial charge in [0.2, 0.25) is 0 Å². The predicted molar refractivity (Wildman–Crippen MR) is 81.6 cm³/mol. The van der Waals surface area contributed by atoms with Gasteiger partial charge in [0.25, 0.3) is 0 Å². The first-order chi connectivity index (χ1) is 10.4. The van der Waals surface area contributed by atoms with Crippen LogP contribution in [0.4, 0.5) is 0 Å². The van der Waals surface area contributed by atoms with Gasteiger partial charge in [-0.1, -0.05) is 30.3 Å². The molecule has 4 nitrogen and oxygen atoms in total. The molecule has 1 unspecified atom stereocenters. The summed E-state index contributed by atoms with van der Waals surface area (Å²) in [6, 6.07) is 14.8. The number of ether oxygens (including phenoxy) is 1. The van der Waals surface area contributed by atoms with Gasteiger partial charge >= 0.3 is 5.97 Å². The highest BCUT2D eigenvalue weighted by molar-refractivity contribution is 5.94. The zero-order chi connectivity index (χ0) is 15.7. The second-order valence-electron chi connectivity index (χ2n) is 6.22. The molecule has 0 fully saturated rings. The topological polar surface area (TPSA) is 44.8 Å². The number of fused-ring (bicyclic) bond motifs is 1. The van der Waals surface area contributed by atoms with E-state index in [9.17, 15) is 4.79 Å². The maximum absolute atomic E-state index is 11.9. The number of cyclic esters (lactones) is 1. The summed E-state index contributed by atoms with van der Waals surface area (Å²) in [4.78, 5) is 22.6. The van der Waals surface area contributed by atoms with E-state index in [1.54, 1.807) is 12.1 Å². The summed E-state index contributed by atoms with van der Waals surface area (Å²) in [7, 11) is 0. The highest BCUT2D eigenvalue weighted by atomic mass is 17.2. The van der Waals surface area contributed by atoms with E-state index in [1.165, 1.54) is 0 Å². The molecular formula is C18H18O4. The molecule has 0 saturated heterocycles. The Morgan fingerprint density at radius 1 is 1.05 bits per heavy atom. The van der Waals surface area contributed by atoms with Crippen molar-refractivity contribution in [2.24, 2.45) is 0 Å². The Kier molecular flexibility index (Phi) is 3.62. The molecule has 4 heteroatoms. The molecule has 0 radical (unpaired) electrons. The largest absolute Gasteiger partial charge is 0.449 e. The number of rotatable bonds is 3. The Balaban J connectivity index is 1.86. The average Bonchev–Trinajstić information content (AvgIpc) is 2.83. The van der Waals surface area contributed by atoms with Crippen LogP contribution >= 0.6 is 0 Å². The summed E-state index contributed by atoms with van der Waals surface area (Å²) < 4.78 is 5.48. The number of hydrogen-bond acceptors (Lipinski definition) is 4. The van der Waals surface area contributed by atoms with Crippen molar-refractivity contribution < 1.29 is 19.3 Å². The van der Waals surface area contributed by atoms with Crippen LogP contribution in [-0.4, -0.2) is 11.6 Å². The molecule has 0 saturated carbocycles. The van der Waals surface area contributed by atoms with Crippen molar-refractivity contribution in [2.75, 3.05) is 0 Å². The van der Waals surface area contributed by atoms with E-state index in [2.05, 4.69) is 0 Å². The molecule has 0 aromatic heterocycles.